The Morgan fingerprint density at radius 1 is 1.36 bits per heavy atom. The van der Waals surface area contributed by atoms with Gasteiger partial charge in [-0.2, -0.15) is 5.10 Å². The minimum Gasteiger partial charge on any atom is -0.497 e. The molecule has 1 aliphatic rings. The topological polar surface area (TPSA) is 156 Å². The van der Waals surface area contributed by atoms with Gasteiger partial charge in [-0.1, -0.05) is 12.8 Å². The molecule has 0 aliphatic heterocycles. The van der Waals surface area contributed by atoms with Crippen LogP contribution in [0.1, 0.15) is 36.2 Å². The smallest absolute Gasteiger partial charge is 0.293 e. The SMILES string of the molecule is COc1ccc(S(=O)(=O)Nc2cn[nH]c2C(=O)NC2CCCC2)c([N+](=O)[O-])c1. The Morgan fingerprint density at radius 2 is 2.07 bits per heavy atom. The molecule has 0 spiro atoms. The molecule has 2 aromatic rings. The zero-order chi connectivity index (χ0) is 20.3. The molecule has 1 aromatic heterocycles. The van der Waals surface area contributed by atoms with Crippen LogP contribution in [-0.2, 0) is 10.0 Å². The number of hydrogen-bond donors (Lipinski definition) is 3. The summed E-state index contributed by atoms with van der Waals surface area (Å²) in [6.45, 7) is 0. The average Bonchev–Trinajstić information content (AvgIpc) is 3.32. The van der Waals surface area contributed by atoms with Crippen molar-refractivity contribution in [2.24, 2.45) is 0 Å². The second-order valence-electron chi connectivity index (χ2n) is 6.31. The van der Waals surface area contributed by atoms with Crippen LogP contribution in [-0.4, -0.2) is 42.6 Å². The molecular formula is C16H19N5O6S. The molecule has 0 saturated heterocycles. The van der Waals surface area contributed by atoms with E-state index < -0.39 is 31.4 Å². The minimum atomic E-state index is -4.35. The maximum absolute atomic E-state index is 12.7. The lowest BCUT2D eigenvalue weighted by atomic mass is 10.2. The number of nitrogens with one attached hydrogen (secondary N) is 3. The molecule has 1 heterocycles. The molecular weight excluding hydrogens is 390 g/mol. The van der Waals surface area contributed by atoms with Crippen molar-refractivity contribution in [1.82, 2.24) is 15.5 Å². The van der Waals surface area contributed by atoms with Crippen molar-refractivity contribution in [3.8, 4) is 5.75 Å². The number of ether oxygens (including phenoxy) is 1. The molecule has 1 fully saturated rings. The monoisotopic (exact) mass is 409 g/mol. The summed E-state index contributed by atoms with van der Waals surface area (Å²) in [4.78, 5) is 22.3. The number of methoxy groups -OCH3 is 1. The van der Waals surface area contributed by atoms with Crippen LogP contribution in [0.3, 0.4) is 0 Å². The van der Waals surface area contributed by atoms with Crippen LogP contribution in [0.4, 0.5) is 11.4 Å². The predicted molar refractivity (Wildman–Crippen MR) is 98.8 cm³/mol. The van der Waals surface area contributed by atoms with Crippen LogP contribution < -0.4 is 14.8 Å². The van der Waals surface area contributed by atoms with Gasteiger partial charge in [0.15, 0.2) is 4.90 Å². The van der Waals surface area contributed by atoms with Crippen molar-refractivity contribution >= 4 is 27.3 Å². The summed E-state index contributed by atoms with van der Waals surface area (Å²) in [5.41, 5.74) is -0.806. The van der Waals surface area contributed by atoms with E-state index in [-0.39, 0.29) is 23.2 Å². The van der Waals surface area contributed by atoms with Crippen molar-refractivity contribution < 1.29 is 22.9 Å². The molecule has 3 N–H and O–H groups in total. The number of rotatable bonds is 7. The predicted octanol–water partition coefficient (Wildman–Crippen LogP) is 1.80. The van der Waals surface area contributed by atoms with Crippen LogP contribution in [0.2, 0.25) is 0 Å². The van der Waals surface area contributed by atoms with Crippen molar-refractivity contribution in [3.05, 3.63) is 40.2 Å². The number of carbonyl (C=O) groups excluding carboxylic acids is 1. The highest BCUT2D eigenvalue weighted by Gasteiger charge is 2.29. The van der Waals surface area contributed by atoms with Gasteiger partial charge in [-0.15, -0.1) is 0 Å². The second kappa shape index (κ2) is 7.84. The van der Waals surface area contributed by atoms with E-state index in [1.807, 2.05) is 0 Å². The van der Waals surface area contributed by atoms with E-state index in [2.05, 4.69) is 20.2 Å². The van der Waals surface area contributed by atoms with Gasteiger partial charge in [0.2, 0.25) is 0 Å². The molecule has 150 valence electrons. The van der Waals surface area contributed by atoms with Crippen LogP contribution in [0.5, 0.6) is 5.75 Å². The number of nitro groups is 1. The van der Waals surface area contributed by atoms with Gasteiger partial charge in [-0.3, -0.25) is 24.7 Å². The van der Waals surface area contributed by atoms with Crippen LogP contribution in [0.25, 0.3) is 0 Å². The van der Waals surface area contributed by atoms with Crippen molar-refractivity contribution in [3.63, 3.8) is 0 Å². The molecule has 1 amide bonds. The number of aromatic nitrogens is 2. The van der Waals surface area contributed by atoms with Crippen molar-refractivity contribution in [2.75, 3.05) is 11.8 Å². The molecule has 3 rings (SSSR count). The number of benzene rings is 1. The Labute approximate surface area is 160 Å². The summed E-state index contributed by atoms with van der Waals surface area (Å²) < 4.78 is 32.5. The lowest BCUT2D eigenvalue weighted by Crippen LogP contribution is -2.33. The van der Waals surface area contributed by atoms with E-state index in [0.717, 1.165) is 44.0 Å². The Hall–Kier alpha value is -3.15. The summed E-state index contributed by atoms with van der Waals surface area (Å²) in [5, 5.41) is 20.3. The maximum atomic E-state index is 12.7. The number of aromatic amines is 1. The molecule has 1 aliphatic carbocycles. The summed E-state index contributed by atoms with van der Waals surface area (Å²) in [7, 11) is -3.04. The van der Waals surface area contributed by atoms with Gasteiger partial charge in [0, 0.05) is 6.04 Å². The van der Waals surface area contributed by atoms with Crippen LogP contribution in [0, 0.1) is 10.1 Å². The Kier molecular flexibility index (Phi) is 5.49. The Balaban J connectivity index is 1.87. The molecule has 0 atom stereocenters. The number of sulfonamides is 1. The minimum absolute atomic E-state index is 0.0305. The Morgan fingerprint density at radius 3 is 2.71 bits per heavy atom. The fourth-order valence-corrected chi connectivity index (χ4v) is 4.27. The first-order valence-electron chi connectivity index (χ1n) is 8.51. The van der Waals surface area contributed by atoms with Crippen molar-refractivity contribution in [2.45, 2.75) is 36.6 Å². The zero-order valence-corrected chi connectivity index (χ0v) is 15.8. The largest absolute Gasteiger partial charge is 0.497 e. The van der Waals surface area contributed by atoms with E-state index in [4.69, 9.17) is 4.74 Å². The summed E-state index contributed by atoms with van der Waals surface area (Å²) in [6.07, 6.45) is 4.90. The molecule has 0 unspecified atom stereocenters. The maximum Gasteiger partial charge on any atom is 0.293 e. The standard InChI is InChI=1S/C16H19N5O6S/c1-27-11-6-7-14(13(8-11)21(23)24)28(25,26)20-12-9-17-19-15(12)16(22)18-10-4-2-3-5-10/h6-10,20H,2-5H2,1H3,(H,17,19)(H,18,22). The number of nitro benzene ring substituents is 1. The van der Waals surface area contributed by atoms with Crippen molar-refractivity contribution in [1.29, 1.82) is 0 Å². The third-order valence-corrected chi connectivity index (χ3v) is 5.87. The van der Waals surface area contributed by atoms with E-state index in [0.29, 0.717) is 0 Å². The summed E-state index contributed by atoms with van der Waals surface area (Å²) in [5.74, 6) is -0.350. The highest BCUT2D eigenvalue weighted by atomic mass is 32.2. The first kappa shape index (κ1) is 19.6. The van der Waals surface area contributed by atoms with Gasteiger partial charge in [0.1, 0.15) is 11.4 Å². The fraction of sp³-hybridized carbons (Fsp3) is 0.375. The van der Waals surface area contributed by atoms with Gasteiger partial charge in [0.05, 0.1) is 30.0 Å². The van der Waals surface area contributed by atoms with Gasteiger partial charge in [0.25, 0.3) is 21.6 Å². The average molecular weight is 409 g/mol. The third kappa shape index (κ3) is 4.06. The van der Waals surface area contributed by atoms with Gasteiger partial charge in [-0.25, -0.2) is 8.42 Å². The summed E-state index contributed by atoms with van der Waals surface area (Å²) >= 11 is 0. The number of amides is 1. The molecule has 28 heavy (non-hydrogen) atoms. The highest BCUT2D eigenvalue weighted by Crippen LogP contribution is 2.30. The number of carbonyl (C=O) groups is 1. The quantitative estimate of drug-likeness (QED) is 0.465. The molecule has 1 saturated carbocycles. The highest BCUT2D eigenvalue weighted by molar-refractivity contribution is 7.92. The van der Waals surface area contributed by atoms with E-state index in [1.165, 1.54) is 13.2 Å². The number of anilines is 1. The van der Waals surface area contributed by atoms with Crippen LogP contribution >= 0.6 is 0 Å². The summed E-state index contributed by atoms with van der Waals surface area (Å²) in [6, 6.07) is 3.41. The van der Waals surface area contributed by atoms with E-state index >= 15 is 0 Å². The molecule has 0 bridgehead atoms. The van der Waals surface area contributed by atoms with Gasteiger partial charge < -0.3 is 10.1 Å². The van der Waals surface area contributed by atoms with Crippen LogP contribution in [0.15, 0.2) is 29.3 Å². The number of H-pyrrole nitrogens is 1. The normalized spacial score (nSPS) is 14.6. The second-order valence-corrected chi connectivity index (χ2v) is 7.96. The molecule has 11 nitrogen and oxygen atoms in total. The third-order valence-electron chi connectivity index (χ3n) is 4.45. The Bertz CT molecular complexity index is 997. The molecule has 0 radical (unpaired) electrons. The lowest BCUT2D eigenvalue weighted by Gasteiger charge is -2.13. The van der Waals surface area contributed by atoms with E-state index in [9.17, 15) is 23.3 Å². The zero-order valence-electron chi connectivity index (χ0n) is 15.0. The lowest BCUT2D eigenvalue weighted by molar-refractivity contribution is -0.387. The van der Waals surface area contributed by atoms with E-state index in [1.54, 1.807) is 0 Å². The first-order valence-corrected chi connectivity index (χ1v) is 9.99. The number of nitrogens with zero attached hydrogens (tertiary/aromatic N) is 2. The fourth-order valence-electron chi connectivity index (χ4n) is 3.06. The first-order chi connectivity index (χ1) is 13.3. The molecule has 1 aromatic carbocycles. The molecule has 12 heteroatoms. The number of hydrogen-bond acceptors (Lipinski definition) is 7. The van der Waals surface area contributed by atoms with Gasteiger partial charge in [-0.05, 0) is 25.0 Å². The van der Waals surface area contributed by atoms with Gasteiger partial charge >= 0.3 is 0 Å².